The van der Waals surface area contributed by atoms with Crippen LogP contribution in [-0.2, 0) is 6.54 Å². The minimum atomic E-state index is -2.58. The molecule has 0 saturated carbocycles. The van der Waals surface area contributed by atoms with Gasteiger partial charge in [0.1, 0.15) is 5.69 Å². The summed E-state index contributed by atoms with van der Waals surface area (Å²) in [5.74, 6) is 0. The Labute approximate surface area is 74.8 Å². The number of hydrogen-bond acceptors (Lipinski definition) is 3. The molecule has 1 aromatic heterocycles. The predicted octanol–water partition coefficient (Wildman–Crippen LogP) is 1.37. The average molecular weight is 187 g/mol. The normalized spacial score (nSPS) is 10.8. The number of aromatic nitrogens is 1. The second-order valence-electron chi connectivity index (χ2n) is 2.73. The number of rotatable bonds is 2. The number of nitrogen functional groups attached to an aromatic ring is 1. The molecule has 0 aromatic carbocycles. The van der Waals surface area contributed by atoms with Crippen LogP contribution in [0.2, 0.25) is 0 Å². The Morgan fingerprint density at radius 1 is 1.54 bits per heavy atom. The van der Waals surface area contributed by atoms with E-state index in [-0.39, 0.29) is 12.2 Å². The Morgan fingerprint density at radius 2 is 2.15 bits per heavy atom. The van der Waals surface area contributed by atoms with Crippen LogP contribution in [0.15, 0.2) is 6.07 Å². The van der Waals surface area contributed by atoms with E-state index in [0.717, 1.165) is 0 Å². The van der Waals surface area contributed by atoms with Crippen LogP contribution >= 0.6 is 0 Å². The molecular formula is C8H11F2N3. The van der Waals surface area contributed by atoms with Crippen molar-refractivity contribution in [2.24, 2.45) is 5.73 Å². The lowest BCUT2D eigenvalue weighted by Crippen LogP contribution is -2.08. The molecule has 1 heterocycles. The fourth-order valence-electron chi connectivity index (χ4n) is 1.07. The number of pyridine rings is 1. The van der Waals surface area contributed by atoms with Gasteiger partial charge in [0.05, 0.1) is 11.4 Å². The average Bonchev–Trinajstić information content (AvgIpc) is 2.03. The zero-order valence-corrected chi connectivity index (χ0v) is 7.22. The van der Waals surface area contributed by atoms with Gasteiger partial charge >= 0.3 is 0 Å². The molecular weight excluding hydrogens is 176 g/mol. The molecule has 0 saturated heterocycles. The highest BCUT2D eigenvalue weighted by Gasteiger charge is 2.14. The van der Waals surface area contributed by atoms with E-state index >= 15 is 0 Å². The Hall–Kier alpha value is -1.23. The molecule has 4 N–H and O–H groups in total. The first kappa shape index (κ1) is 9.85. The zero-order chi connectivity index (χ0) is 10.0. The Kier molecular flexibility index (Phi) is 2.77. The van der Waals surface area contributed by atoms with Crippen molar-refractivity contribution in [2.45, 2.75) is 19.9 Å². The van der Waals surface area contributed by atoms with E-state index in [4.69, 9.17) is 11.5 Å². The molecule has 0 aliphatic rings. The maximum Gasteiger partial charge on any atom is 0.280 e. The van der Waals surface area contributed by atoms with E-state index in [2.05, 4.69) is 4.98 Å². The van der Waals surface area contributed by atoms with Crippen molar-refractivity contribution >= 4 is 5.69 Å². The summed E-state index contributed by atoms with van der Waals surface area (Å²) in [6.45, 7) is 1.62. The van der Waals surface area contributed by atoms with E-state index < -0.39 is 6.43 Å². The Morgan fingerprint density at radius 3 is 2.62 bits per heavy atom. The maximum absolute atomic E-state index is 12.3. The lowest BCUT2D eigenvalue weighted by Gasteiger charge is -2.08. The van der Waals surface area contributed by atoms with Crippen molar-refractivity contribution < 1.29 is 8.78 Å². The van der Waals surface area contributed by atoms with E-state index in [0.29, 0.717) is 16.9 Å². The van der Waals surface area contributed by atoms with Crippen LogP contribution in [0.4, 0.5) is 14.5 Å². The number of hydrogen-bond donors (Lipinski definition) is 2. The molecule has 0 radical (unpaired) electrons. The van der Waals surface area contributed by atoms with Gasteiger partial charge < -0.3 is 11.5 Å². The maximum atomic E-state index is 12.3. The largest absolute Gasteiger partial charge is 0.397 e. The molecule has 0 atom stereocenters. The molecule has 0 aliphatic heterocycles. The molecule has 0 aliphatic carbocycles. The first-order valence-electron chi connectivity index (χ1n) is 3.80. The van der Waals surface area contributed by atoms with E-state index in [1.54, 1.807) is 6.92 Å². The van der Waals surface area contributed by atoms with Crippen molar-refractivity contribution in [3.05, 3.63) is 23.0 Å². The molecule has 3 nitrogen and oxygen atoms in total. The van der Waals surface area contributed by atoms with Gasteiger partial charge in [-0.25, -0.2) is 13.8 Å². The first-order valence-corrected chi connectivity index (χ1v) is 3.80. The Bertz CT molecular complexity index is 313. The molecule has 1 rings (SSSR count). The number of aryl methyl sites for hydroxylation is 1. The standard InChI is InChI=1S/C8H11F2N3/c1-4-2-5(12)6(3-11)13-7(4)8(9)10/h2,8H,3,11-12H2,1H3. The van der Waals surface area contributed by atoms with Crippen LogP contribution in [0.25, 0.3) is 0 Å². The third-order valence-electron chi connectivity index (χ3n) is 1.76. The lowest BCUT2D eigenvalue weighted by atomic mass is 10.1. The van der Waals surface area contributed by atoms with Gasteiger partial charge in [0, 0.05) is 6.54 Å². The second-order valence-corrected chi connectivity index (χ2v) is 2.73. The highest BCUT2D eigenvalue weighted by atomic mass is 19.3. The molecule has 5 heteroatoms. The monoisotopic (exact) mass is 187 g/mol. The first-order chi connectivity index (χ1) is 6.06. The topological polar surface area (TPSA) is 64.9 Å². The Balaban J connectivity index is 3.22. The number of halogens is 2. The molecule has 0 amide bonds. The predicted molar refractivity (Wildman–Crippen MR) is 46.2 cm³/mol. The van der Waals surface area contributed by atoms with Crippen molar-refractivity contribution in [2.75, 3.05) is 5.73 Å². The van der Waals surface area contributed by atoms with Crippen molar-refractivity contribution in [3.8, 4) is 0 Å². The molecule has 0 bridgehead atoms. The van der Waals surface area contributed by atoms with E-state index in [1.165, 1.54) is 6.07 Å². The molecule has 1 aromatic rings. The molecule has 13 heavy (non-hydrogen) atoms. The van der Waals surface area contributed by atoms with Gasteiger partial charge in [-0.15, -0.1) is 0 Å². The van der Waals surface area contributed by atoms with Gasteiger partial charge in [-0.2, -0.15) is 0 Å². The SMILES string of the molecule is Cc1cc(N)c(CN)nc1C(F)F. The van der Waals surface area contributed by atoms with Crippen LogP contribution in [0.5, 0.6) is 0 Å². The fourth-order valence-corrected chi connectivity index (χ4v) is 1.07. The van der Waals surface area contributed by atoms with Crippen LogP contribution < -0.4 is 11.5 Å². The highest BCUT2D eigenvalue weighted by molar-refractivity contribution is 5.46. The zero-order valence-electron chi connectivity index (χ0n) is 7.22. The van der Waals surface area contributed by atoms with Gasteiger partial charge in [-0.3, -0.25) is 0 Å². The summed E-state index contributed by atoms with van der Waals surface area (Å²) in [6.07, 6.45) is -2.58. The highest BCUT2D eigenvalue weighted by Crippen LogP contribution is 2.23. The quantitative estimate of drug-likeness (QED) is 0.734. The van der Waals surface area contributed by atoms with E-state index in [1.807, 2.05) is 0 Å². The minimum Gasteiger partial charge on any atom is -0.397 e. The third-order valence-corrected chi connectivity index (χ3v) is 1.76. The van der Waals surface area contributed by atoms with Crippen LogP contribution in [0, 0.1) is 6.92 Å². The molecule has 0 unspecified atom stereocenters. The number of nitrogens with two attached hydrogens (primary N) is 2. The molecule has 0 spiro atoms. The van der Waals surface area contributed by atoms with Gasteiger partial charge in [-0.05, 0) is 18.6 Å². The summed E-state index contributed by atoms with van der Waals surface area (Å²) in [5.41, 5.74) is 11.6. The second kappa shape index (κ2) is 3.66. The summed E-state index contributed by atoms with van der Waals surface area (Å²) < 4.78 is 24.7. The molecule has 72 valence electrons. The fraction of sp³-hybridized carbons (Fsp3) is 0.375. The summed E-state index contributed by atoms with van der Waals surface area (Å²) in [7, 11) is 0. The van der Waals surface area contributed by atoms with Gasteiger partial charge in [0.2, 0.25) is 0 Å². The summed E-state index contributed by atoms with van der Waals surface area (Å²) in [4.78, 5) is 3.69. The van der Waals surface area contributed by atoms with Crippen molar-refractivity contribution in [3.63, 3.8) is 0 Å². The lowest BCUT2D eigenvalue weighted by molar-refractivity contribution is 0.145. The summed E-state index contributed by atoms with van der Waals surface area (Å²) in [5, 5.41) is 0. The summed E-state index contributed by atoms with van der Waals surface area (Å²) in [6, 6.07) is 1.47. The van der Waals surface area contributed by atoms with Crippen molar-refractivity contribution in [1.82, 2.24) is 4.98 Å². The van der Waals surface area contributed by atoms with Crippen LogP contribution in [0.3, 0.4) is 0 Å². The number of anilines is 1. The molecule has 0 fully saturated rings. The van der Waals surface area contributed by atoms with Gasteiger partial charge in [-0.1, -0.05) is 0 Å². The number of alkyl halides is 2. The number of nitrogens with zero attached hydrogens (tertiary/aromatic N) is 1. The van der Waals surface area contributed by atoms with Gasteiger partial charge in [0.25, 0.3) is 6.43 Å². The van der Waals surface area contributed by atoms with Crippen LogP contribution in [0.1, 0.15) is 23.4 Å². The summed E-state index contributed by atoms with van der Waals surface area (Å²) >= 11 is 0. The van der Waals surface area contributed by atoms with E-state index in [9.17, 15) is 8.78 Å². The smallest absolute Gasteiger partial charge is 0.280 e. The van der Waals surface area contributed by atoms with Crippen LogP contribution in [-0.4, -0.2) is 4.98 Å². The minimum absolute atomic E-state index is 0.0752. The van der Waals surface area contributed by atoms with Crippen molar-refractivity contribution in [1.29, 1.82) is 0 Å². The third kappa shape index (κ3) is 1.92. The van der Waals surface area contributed by atoms with Gasteiger partial charge in [0.15, 0.2) is 0 Å².